The third-order valence-electron chi connectivity index (χ3n) is 4.72. The van der Waals surface area contributed by atoms with Crippen LogP contribution in [0.1, 0.15) is 27.3 Å². The molecule has 8 nitrogen and oxygen atoms in total. The molecule has 0 saturated carbocycles. The van der Waals surface area contributed by atoms with E-state index in [1.54, 1.807) is 35.3 Å². The molecule has 3 heterocycles. The third-order valence-corrected chi connectivity index (χ3v) is 6.08. The smallest absolute Gasteiger partial charge is 0.326 e. The summed E-state index contributed by atoms with van der Waals surface area (Å²) >= 11 is 7.24. The Morgan fingerprint density at radius 1 is 1.33 bits per heavy atom. The van der Waals surface area contributed by atoms with Gasteiger partial charge in [0.2, 0.25) is 0 Å². The van der Waals surface area contributed by atoms with Gasteiger partial charge < -0.3 is 10.4 Å². The number of carboxylic acid groups (broad SMARTS) is 1. The van der Waals surface area contributed by atoms with Crippen molar-refractivity contribution in [3.63, 3.8) is 0 Å². The van der Waals surface area contributed by atoms with Gasteiger partial charge in [-0.15, -0.1) is 11.3 Å². The van der Waals surface area contributed by atoms with E-state index >= 15 is 0 Å². The molecular weight excluding hydrogens is 426 g/mol. The molecule has 0 fully saturated rings. The van der Waals surface area contributed by atoms with Crippen molar-refractivity contribution in [3.8, 4) is 5.69 Å². The summed E-state index contributed by atoms with van der Waals surface area (Å²) in [5.74, 6) is -1.49. The Morgan fingerprint density at radius 2 is 2.10 bits per heavy atom. The van der Waals surface area contributed by atoms with Gasteiger partial charge in [-0.3, -0.25) is 9.89 Å². The number of halogens is 1. The molecule has 1 amide bonds. The van der Waals surface area contributed by atoms with Gasteiger partial charge in [-0.1, -0.05) is 11.6 Å². The monoisotopic (exact) mass is 443 g/mol. The van der Waals surface area contributed by atoms with Crippen LogP contribution in [0.5, 0.6) is 0 Å². The van der Waals surface area contributed by atoms with E-state index in [4.69, 9.17) is 11.6 Å². The Bertz CT molecular complexity index is 1200. The number of thiophene rings is 1. The highest BCUT2D eigenvalue weighted by molar-refractivity contribution is 7.20. The van der Waals surface area contributed by atoms with Crippen molar-refractivity contribution < 1.29 is 14.7 Å². The van der Waals surface area contributed by atoms with Gasteiger partial charge in [-0.25, -0.2) is 9.48 Å². The number of rotatable bonds is 7. The molecule has 10 heteroatoms. The molecule has 0 radical (unpaired) electrons. The van der Waals surface area contributed by atoms with Crippen LogP contribution in [-0.4, -0.2) is 43.0 Å². The predicted octanol–water partition coefficient (Wildman–Crippen LogP) is 3.59. The number of fused-ring (bicyclic) bond motifs is 1. The highest BCUT2D eigenvalue weighted by Crippen LogP contribution is 2.30. The lowest BCUT2D eigenvalue weighted by atomic mass is 10.1. The lowest BCUT2D eigenvalue weighted by molar-refractivity contribution is -0.139. The van der Waals surface area contributed by atoms with E-state index in [1.807, 2.05) is 19.1 Å². The number of carbonyl (C=O) groups is 2. The van der Waals surface area contributed by atoms with Gasteiger partial charge >= 0.3 is 5.97 Å². The average Bonchev–Trinajstić information content (AvgIpc) is 3.44. The number of hydrogen-bond donors (Lipinski definition) is 3. The van der Waals surface area contributed by atoms with E-state index in [1.165, 1.54) is 11.3 Å². The van der Waals surface area contributed by atoms with Gasteiger partial charge in [-0.2, -0.15) is 10.2 Å². The van der Waals surface area contributed by atoms with E-state index < -0.39 is 17.9 Å². The number of aromatic amines is 1. The molecule has 1 aromatic carbocycles. The first kappa shape index (κ1) is 20.1. The van der Waals surface area contributed by atoms with Gasteiger partial charge in [-0.05, 0) is 55.7 Å². The fourth-order valence-corrected chi connectivity index (χ4v) is 4.34. The Morgan fingerprint density at radius 3 is 2.77 bits per heavy atom. The van der Waals surface area contributed by atoms with Gasteiger partial charge in [0, 0.05) is 16.6 Å². The van der Waals surface area contributed by atoms with Crippen LogP contribution in [-0.2, 0) is 11.2 Å². The zero-order valence-electron chi connectivity index (χ0n) is 15.9. The fraction of sp³-hybridized carbons (Fsp3) is 0.200. The Hall–Kier alpha value is -3.17. The van der Waals surface area contributed by atoms with Crippen LogP contribution in [0.3, 0.4) is 0 Å². The molecule has 3 N–H and O–H groups in total. The van der Waals surface area contributed by atoms with Crippen LogP contribution in [0.4, 0.5) is 0 Å². The first-order chi connectivity index (χ1) is 14.4. The van der Waals surface area contributed by atoms with Crippen LogP contribution >= 0.6 is 22.9 Å². The molecule has 154 valence electrons. The summed E-state index contributed by atoms with van der Waals surface area (Å²) in [5.41, 5.74) is 2.50. The molecule has 0 aliphatic rings. The highest BCUT2D eigenvalue weighted by Gasteiger charge is 2.23. The van der Waals surface area contributed by atoms with Gasteiger partial charge in [0.1, 0.15) is 10.9 Å². The van der Waals surface area contributed by atoms with Crippen LogP contribution in [0.25, 0.3) is 15.9 Å². The van der Waals surface area contributed by atoms with E-state index in [0.717, 1.165) is 27.2 Å². The van der Waals surface area contributed by atoms with Crippen molar-refractivity contribution in [2.45, 2.75) is 25.8 Å². The van der Waals surface area contributed by atoms with Gasteiger partial charge in [0.25, 0.3) is 5.91 Å². The Labute approximate surface area is 180 Å². The number of aromatic nitrogens is 4. The molecule has 3 aromatic heterocycles. The molecule has 4 rings (SSSR count). The number of aryl methyl sites for hydroxylation is 2. The zero-order chi connectivity index (χ0) is 21.3. The second-order valence-corrected chi connectivity index (χ2v) is 8.28. The maximum Gasteiger partial charge on any atom is 0.326 e. The predicted molar refractivity (Wildman–Crippen MR) is 114 cm³/mol. The number of H-pyrrole nitrogens is 1. The second-order valence-electron chi connectivity index (χ2n) is 6.81. The first-order valence-corrected chi connectivity index (χ1v) is 10.4. The molecule has 0 spiro atoms. The van der Waals surface area contributed by atoms with Crippen molar-refractivity contribution in [2.24, 2.45) is 0 Å². The number of nitrogens with one attached hydrogen (secondary N) is 2. The summed E-state index contributed by atoms with van der Waals surface area (Å²) in [6.07, 6.45) is 4.10. The summed E-state index contributed by atoms with van der Waals surface area (Å²) in [7, 11) is 0. The molecule has 0 aliphatic carbocycles. The van der Waals surface area contributed by atoms with Gasteiger partial charge in [0.05, 0.1) is 22.5 Å². The van der Waals surface area contributed by atoms with Crippen molar-refractivity contribution >= 4 is 45.0 Å². The standard InChI is InChI=1S/C20H18ClN5O3S/c1-11-15-8-17(30-19(15)26(25-11)14-5-3-13(21)4-6-14)18(27)24-16(20(28)29)7-2-12-9-22-23-10-12/h3-6,8-10,16H,2,7H2,1H3,(H,22,23)(H,24,27)(H,28,29). The summed E-state index contributed by atoms with van der Waals surface area (Å²) in [4.78, 5) is 25.6. The fourth-order valence-electron chi connectivity index (χ4n) is 3.13. The topological polar surface area (TPSA) is 113 Å². The molecule has 0 bridgehead atoms. The first-order valence-electron chi connectivity index (χ1n) is 9.19. The van der Waals surface area contributed by atoms with Crippen molar-refractivity contribution in [2.75, 3.05) is 0 Å². The highest BCUT2D eigenvalue weighted by atomic mass is 35.5. The van der Waals surface area contributed by atoms with Crippen LogP contribution in [0.2, 0.25) is 5.02 Å². The average molecular weight is 444 g/mol. The zero-order valence-corrected chi connectivity index (χ0v) is 17.5. The minimum Gasteiger partial charge on any atom is -0.480 e. The van der Waals surface area contributed by atoms with Crippen molar-refractivity contribution in [1.29, 1.82) is 0 Å². The number of amides is 1. The number of carboxylic acids is 1. The van der Waals surface area contributed by atoms with Crippen molar-refractivity contribution in [3.05, 3.63) is 63.9 Å². The van der Waals surface area contributed by atoms with E-state index in [2.05, 4.69) is 20.6 Å². The van der Waals surface area contributed by atoms with E-state index in [0.29, 0.717) is 16.3 Å². The number of carbonyl (C=O) groups excluding carboxylic acids is 1. The van der Waals surface area contributed by atoms with Crippen LogP contribution < -0.4 is 5.32 Å². The van der Waals surface area contributed by atoms with Crippen molar-refractivity contribution in [1.82, 2.24) is 25.3 Å². The largest absolute Gasteiger partial charge is 0.480 e. The van der Waals surface area contributed by atoms with E-state index in [-0.39, 0.29) is 6.42 Å². The third kappa shape index (κ3) is 4.07. The number of hydrogen-bond acceptors (Lipinski definition) is 5. The Balaban J connectivity index is 1.56. The molecule has 30 heavy (non-hydrogen) atoms. The second kappa shape index (κ2) is 8.29. The normalized spacial score (nSPS) is 12.2. The molecule has 1 atom stereocenters. The molecule has 0 saturated heterocycles. The number of nitrogens with zero attached hydrogens (tertiary/aromatic N) is 3. The summed E-state index contributed by atoms with van der Waals surface area (Å²) in [6, 6.07) is 8.01. The van der Waals surface area contributed by atoms with Crippen LogP contribution in [0.15, 0.2) is 42.7 Å². The SMILES string of the molecule is Cc1nn(-c2ccc(Cl)cc2)c2sc(C(=O)NC(CCc3cn[nH]c3)C(=O)O)cc12. The maximum atomic E-state index is 12.8. The molecular formula is C20H18ClN5O3S. The van der Waals surface area contributed by atoms with E-state index in [9.17, 15) is 14.7 Å². The Kier molecular flexibility index (Phi) is 5.56. The summed E-state index contributed by atoms with van der Waals surface area (Å²) in [5, 5.41) is 24.7. The molecule has 1 unspecified atom stereocenters. The minimum absolute atomic E-state index is 0.267. The number of aliphatic carboxylic acids is 1. The number of benzene rings is 1. The lowest BCUT2D eigenvalue weighted by Gasteiger charge is -2.13. The molecule has 0 aliphatic heterocycles. The van der Waals surface area contributed by atoms with Gasteiger partial charge in [0.15, 0.2) is 0 Å². The molecule has 4 aromatic rings. The summed E-state index contributed by atoms with van der Waals surface area (Å²) < 4.78 is 1.76. The summed E-state index contributed by atoms with van der Waals surface area (Å²) in [6.45, 7) is 1.87. The van der Waals surface area contributed by atoms with Crippen LogP contribution in [0, 0.1) is 6.92 Å². The quantitative estimate of drug-likeness (QED) is 0.404. The maximum absolute atomic E-state index is 12.8. The lowest BCUT2D eigenvalue weighted by Crippen LogP contribution is -2.40. The minimum atomic E-state index is -1.07.